The van der Waals surface area contributed by atoms with Gasteiger partial charge in [-0.1, -0.05) is 29.3 Å². The second-order valence-corrected chi connectivity index (χ2v) is 4.31. The van der Waals surface area contributed by atoms with Gasteiger partial charge in [-0.2, -0.15) is 0 Å². The van der Waals surface area contributed by atoms with E-state index in [1.165, 1.54) is 12.1 Å². The molecule has 0 heterocycles. The van der Waals surface area contributed by atoms with Gasteiger partial charge < -0.3 is 5.32 Å². The number of rotatable bonds is 2. The Kier molecular flexibility index (Phi) is 3.42. The van der Waals surface area contributed by atoms with Crippen molar-refractivity contribution in [3.05, 3.63) is 65.0 Å². The molecule has 1 N–H and O–H groups in total. The van der Waals surface area contributed by atoms with Gasteiger partial charge in [-0.05, 0) is 38.1 Å². The Morgan fingerprint density at radius 2 is 1.67 bits per heavy atom. The second-order valence-electron chi connectivity index (χ2n) is 4.31. The van der Waals surface area contributed by atoms with Gasteiger partial charge >= 0.3 is 0 Å². The second kappa shape index (κ2) is 5.00. The summed E-state index contributed by atoms with van der Waals surface area (Å²) >= 11 is 0. The van der Waals surface area contributed by atoms with E-state index in [1.807, 2.05) is 19.9 Å². The zero-order valence-electron chi connectivity index (χ0n) is 10.3. The number of aryl methyl sites for hydroxylation is 2. The van der Waals surface area contributed by atoms with E-state index in [-0.39, 0.29) is 11.6 Å². The van der Waals surface area contributed by atoms with Crippen molar-refractivity contribution < 1.29 is 9.18 Å². The van der Waals surface area contributed by atoms with Crippen molar-refractivity contribution in [1.29, 1.82) is 0 Å². The van der Waals surface area contributed by atoms with Gasteiger partial charge in [0.15, 0.2) is 0 Å². The van der Waals surface area contributed by atoms with Crippen LogP contribution in [0.2, 0.25) is 0 Å². The van der Waals surface area contributed by atoms with E-state index in [4.69, 9.17) is 0 Å². The highest BCUT2D eigenvalue weighted by molar-refractivity contribution is 6.04. The SMILES string of the molecule is Cc1cc(C)cc(C(=O)Nc2ccccc2F)c1. The van der Waals surface area contributed by atoms with Crippen LogP contribution in [0.3, 0.4) is 0 Å². The summed E-state index contributed by atoms with van der Waals surface area (Å²) in [6.45, 7) is 3.85. The smallest absolute Gasteiger partial charge is 0.255 e. The molecule has 2 rings (SSSR count). The average molecular weight is 243 g/mol. The number of anilines is 1. The Balaban J connectivity index is 2.25. The fourth-order valence-corrected chi connectivity index (χ4v) is 1.86. The summed E-state index contributed by atoms with van der Waals surface area (Å²) in [5, 5.41) is 2.57. The number of halogens is 1. The third kappa shape index (κ3) is 2.74. The van der Waals surface area contributed by atoms with Crippen molar-refractivity contribution in [1.82, 2.24) is 0 Å². The number of amides is 1. The summed E-state index contributed by atoms with van der Waals surface area (Å²) in [5.41, 5.74) is 2.75. The van der Waals surface area contributed by atoms with Crippen LogP contribution in [0.15, 0.2) is 42.5 Å². The third-order valence-electron chi connectivity index (χ3n) is 2.61. The largest absolute Gasteiger partial charge is 0.319 e. The maximum absolute atomic E-state index is 13.4. The standard InChI is InChI=1S/C15H14FNO/c1-10-7-11(2)9-12(8-10)15(18)17-14-6-4-3-5-13(14)16/h3-9H,1-2H3,(H,17,18). The predicted molar refractivity (Wildman–Crippen MR) is 70.3 cm³/mol. The lowest BCUT2D eigenvalue weighted by Crippen LogP contribution is -2.13. The molecular weight excluding hydrogens is 229 g/mol. The summed E-state index contributed by atoms with van der Waals surface area (Å²) in [4.78, 5) is 12.0. The monoisotopic (exact) mass is 243 g/mol. The fraction of sp³-hybridized carbons (Fsp3) is 0.133. The Morgan fingerprint density at radius 3 is 2.28 bits per heavy atom. The van der Waals surface area contributed by atoms with Crippen molar-refractivity contribution in [3.8, 4) is 0 Å². The molecule has 0 saturated carbocycles. The van der Waals surface area contributed by atoms with Crippen LogP contribution in [-0.2, 0) is 0 Å². The van der Waals surface area contributed by atoms with Crippen LogP contribution in [0.5, 0.6) is 0 Å². The molecular formula is C15H14FNO. The molecule has 2 nitrogen and oxygen atoms in total. The van der Waals surface area contributed by atoms with E-state index < -0.39 is 5.82 Å². The summed E-state index contributed by atoms with van der Waals surface area (Å²) < 4.78 is 13.4. The van der Waals surface area contributed by atoms with E-state index in [0.29, 0.717) is 5.56 Å². The molecule has 0 aromatic heterocycles. The minimum absolute atomic E-state index is 0.196. The van der Waals surface area contributed by atoms with Gasteiger partial charge in [-0.15, -0.1) is 0 Å². The maximum atomic E-state index is 13.4. The first-order valence-electron chi connectivity index (χ1n) is 5.70. The van der Waals surface area contributed by atoms with Crippen LogP contribution in [0.25, 0.3) is 0 Å². The molecule has 1 amide bonds. The van der Waals surface area contributed by atoms with Gasteiger partial charge in [0, 0.05) is 5.56 Å². The highest BCUT2D eigenvalue weighted by Gasteiger charge is 2.09. The molecule has 0 aliphatic rings. The van der Waals surface area contributed by atoms with Crippen LogP contribution >= 0.6 is 0 Å². The number of hydrogen-bond donors (Lipinski definition) is 1. The normalized spacial score (nSPS) is 10.2. The maximum Gasteiger partial charge on any atom is 0.255 e. The zero-order chi connectivity index (χ0) is 13.1. The Bertz CT molecular complexity index is 573. The van der Waals surface area contributed by atoms with E-state index >= 15 is 0 Å². The number of nitrogens with one attached hydrogen (secondary N) is 1. The summed E-state index contributed by atoms with van der Waals surface area (Å²) in [6, 6.07) is 11.7. The van der Waals surface area contributed by atoms with Crippen molar-refractivity contribution >= 4 is 11.6 Å². The molecule has 0 atom stereocenters. The van der Waals surface area contributed by atoms with Crippen molar-refractivity contribution in [2.24, 2.45) is 0 Å². The zero-order valence-corrected chi connectivity index (χ0v) is 10.3. The van der Waals surface area contributed by atoms with E-state index in [1.54, 1.807) is 24.3 Å². The molecule has 0 unspecified atom stereocenters. The average Bonchev–Trinajstić information content (AvgIpc) is 2.31. The molecule has 0 fully saturated rings. The van der Waals surface area contributed by atoms with Crippen LogP contribution in [-0.4, -0.2) is 5.91 Å². The van der Waals surface area contributed by atoms with Crippen molar-refractivity contribution in [2.45, 2.75) is 13.8 Å². The van der Waals surface area contributed by atoms with Crippen LogP contribution in [0, 0.1) is 19.7 Å². The van der Waals surface area contributed by atoms with Gasteiger partial charge in [0.05, 0.1) is 5.69 Å². The first-order valence-corrected chi connectivity index (χ1v) is 5.70. The Hall–Kier alpha value is -2.16. The molecule has 0 aliphatic carbocycles. The lowest BCUT2D eigenvalue weighted by Gasteiger charge is -2.07. The Labute approximate surface area is 105 Å². The molecule has 92 valence electrons. The highest BCUT2D eigenvalue weighted by Crippen LogP contribution is 2.15. The quantitative estimate of drug-likeness (QED) is 0.856. The predicted octanol–water partition coefficient (Wildman–Crippen LogP) is 3.69. The van der Waals surface area contributed by atoms with E-state index in [2.05, 4.69) is 5.32 Å². The minimum Gasteiger partial charge on any atom is -0.319 e. The molecule has 2 aromatic rings. The molecule has 0 radical (unpaired) electrons. The lowest BCUT2D eigenvalue weighted by molar-refractivity contribution is 0.102. The number of para-hydroxylation sites is 1. The molecule has 0 spiro atoms. The fourth-order valence-electron chi connectivity index (χ4n) is 1.86. The van der Waals surface area contributed by atoms with Gasteiger partial charge in [-0.25, -0.2) is 4.39 Å². The van der Waals surface area contributed by atoms with Gasteiger partial charge in [0.2, 0.25) is 0 Å². The molecule has 0 saturated heterocycles. The number of hydrogen-bond acceptors (Lipinski definition) is 1. The van der Waals surface area contributed by atoms with Crippen LogP contribution < -0.4 is 5.32 Å². The van der Waals surface area contributed by atoms with Gasteiger partial charge in [0.25, 0.3) is 5.91 Å². The molecule has 2 aromatic carbocycles. The first-order chi connectivity index (χ1) is 8.56. The number of benzene rings is 2. The molecule has 0 bridgehead atoms. The van der Waals surface area contributed by atoms with Crippen molar-refractivity contribution in [2.75, 3.05) is 5.32 Å². The minimum atomic E-state index is -0.435. The summed E-state index contributed by atoms with van der Waals surface area (Å²) in [5.74, 6) is -0.734. The topological polar surface area (TPSA) is 29.1 Å². The van der Waals surface area contributed by atoms with E-state index in [9.17, 15) is 9.18 Å². The van der Waals surface area contributed by atoms with Crippen molar-refractivity contribution in [3.63, 3.8) is 0 Å². The third-order valence-corrected chi connectivity index (χ3v) is 2.61. The van der Waals surface area contributed by atoms with Gasteiger partial charge in [-0.3, -0.25) is 4.79 Å². The first kappa shape index (κ1) is 12.3. The lowest BCUT2D eigenvalue weighted by atomic mass is 10.1. The Morgan fingerprint density at radius 1 is 1.06 bits per heavy atom. The number of carbonyl (C=O) groups is 1. The number of carbonyl (C=O) groups excluding carboxylic acids is 1. The van der Waals surface area contributed by atoms with Gasteiger partial charge in [0.1, 0.15) is 5.82 Å². The summed E-state index contributed by atoms with van der Waals surface area (Å²) in [6.07, 6.45) is 0. The highest BCUT2D eigenvalue weighted by atomic mass is 19.1. The molecule has 3 heteroatoms. The van der Waals surface area contributed by atoms with Crippen LogP contribution in [0.1, 0.15) is 21.5 Å². The van der Waals surface area contributed by atoms with E-state index in [0.717, 1.165) is 11.1 Å². The molecule has 18 heavy (non-hydrogen) atoms. The molecule has 0 aliphatic heterocycles. The summed E-state index contributed by atoms with van der Waals surface area (Å²) in [7, 11) is 0. The van der Waals surface area contributed by atoms with Crippen LogP contribution in [0.4, 0.5) is 10.1 Å².